The van der Waals surface area contributed by atoms with E-state index in [-0.39, 0.29) is 30.1 Å². The Hall–Kier alpha value is -4.99. The van der Waals surface area contributed by atoms with Crippen LogP contribution in [0.2, 0.25) is 0 Å². The number of ether oxygens (including phenoxy) is 2. The molecule has 0 bridgehead atoms. The fourth-order valence-corrected chi connectivity index (χ4v) is 5.06. The molecule has 1 N–H and O–H groups in total. The number of hydrogen-bond acceptors (Lipinski definition) is 8. The van der Waals surface area contributed by atoms with E-state index in [1.807, 2.05) is 48.5 Å². The molecule has 3 aromatic carbocycles. The molecule has 0 unspecified atom stereocenters. The molecule has 10 heteroatoms. The first-order valence-electron chi connectivity index (χ1n) is 13.6. The standard InChI is InChI=1S/C32H30N2O8/c1-32(2,3)41-30(38)26(16-17-27(35)42-34-28(36)23-14-8-9-15-24(23)29(34)37)33-31(39)40-18-25-21-12-6-4-10-19(21)20-11-5-7-13-22(20)25/h4-15,25-26H,16-18H2,1-3H3,(H,33,39)/t26-/m0/s1. The van der Waals surface area contributed by atoms with Crippen molar-refractivity contribution in [1.82, 2.24) is 10.4 Å². The molecule has 0 radical (unpaired) electrons. The Kier molecular flexibility index (Phi) is 7.80. The molecule has 216 valence electrons. The lowest BCUT2D eigenvalue weighted by Gasteiger charge is -2.24. The fraction of sp³-hybridized carbons (Fsp3) is 0.281. The SMILES string of the molecule is CC(C)(C)OC(=O)[C@H](CCC(=O)ON1C(=O)c2ccccc2C1=O)NC(=O)OCC1c2ccccc2-c2ccccc21. The maximum Gasteiger partial charge on any atom is 0.407 e. The quantitative estimate of drug-likeness (QED) is 0.303. The second-order valence-corrected chi connectivity index (χ2v) is 11.0. The predicted molar refractivity (Wildman–Crippen MR) is 150 cm³/mol. The van der Waals surface area contributed by atoms with E-state index in [0.717, 1.165) is 22.3 Å². The molecule has 1 aliphatic heterocycles. The molecule has 0 fully saturated rings. The Morgan fingerprint density at radius 1 is 0.810 bits per heavy atom. The average Bonchev–Trinajstić information content (AvgIpc) is 3.40. The molecular weight excluding hydrogens is 540 g/mol. The summed E-state index contributed by atoms with van der Waals surface area (Å²) in [6.07, 6.45) is -1.48. The third-order valence-electron chi connectivity index (χ3n) is 6.91. The molecule has 3 aromatic rings. The van der Waals surface area contributed by atoms with Gasteiger partial charge in [-0.1, -0.05) is 65.7 Å². The van der Waals surface area contributed by atoms with Crippen molar-refractivity contribution >= 4 is 29.8 Å². The molecule has 42 heavy (non-hydrogen) atoms. The summed E-state index contributed by atoms with van der Waals surface area (Å²) >= 11 is 0. The van der Waals surface area contributed by atoms with Crippen LogP contribution in [0.5, 0.6) is 0 Å². The van der Waals surface area contributed by atoms with Gasteiger partial charge in [0.15, 0.2) is 0 Å². The minimum absolute atomic E-state index is 0.0304. The predicted octanol–water partition coefficient (Wildman–Crippen LogP) is 4.77. The number of esters is 1. The summed E-state index contributed by atoms with van der Waals surface area (Å²) in [6.45, 7) is 5.05. The van der Waals surface area contributed by atoms with E-state index in [2.05, 4.69) is 5.32 Å². The molecule has 10 nitrogen and oxygen atoms in total. The number of alkyl carbamates (subject to hydrolysis) is 1. The lowest BCUT2D eigenvalue weighted by molar-refractivity contribution is -0.169. The first-order valence-corrected chi connectivity index (χ1v) is 13.6. The van der Waals surface area contributed by atoms with Crippen LogP contribution in [-0.4, -0.2) is 53.2 Å². The van der Waals surface area contributed by atoms with Crippen molar-refractivity contribution < 1.29 is 38.3 Å². The minimum Gasteiger partial charge on any atom is -0.458 e. The Morgan fingerprint density at radius 3 is 1.83 bits per heavy atom. The number of imide groups is 1. The molecule has 0 spiro atoms. The third-order valence-corrected chi connectivity index (χ3v) is 6.91. The maximum atomic E-state index is 12.9. The first kappa shape index (κ1) is 28.5. The number of carbonyl (C=O) groups is 5. The number of amides is 3. The van der Waals surface area contributed by atoms with Crippen LogP contribution in [0, 0.1) is 0 Å². The number of hydrogen-bond donors (Lipinski definition) is 1. The molecule has 1 atom stereocenters. The summed E-state index contributed by atoms with van der Waals surface area (Å²) in [5.41, 5.74) is 3.60. The summed E-state index contributed by atoms with van der Waals surface area (Å²) in [7, 11) is 0. The molecule has 0 saturated carbocycles. The zero-order valence-electron chi connectivity index (χ0n) is 23.4. The van der Waals surface area contributed by atoms with Crippen LogP contribution in [0.15, 0.2) is 72.8 Å². The minimum atomic E-state index is -1.25. The first-order chi connectivity index (χ1) is 20.0. The number of hydroxylamine groups is 2. The van der Waals surface area contributed by atoms with Crippen LogP contribution in [-0.2, 0) is 23.9 Å². The summed E-state index contributed by atoms with van der Waals surface area (Å²) in [4.78, 5) is 68.5. The lowest BCUT2D eigenvalue weighted by atomic mass is 9.98. The van der Waals surface area contributed by atoms with Gasteiger partial charge in [0.2, 0.25) is 0 Å². The van der Waals surface area contributed by atoms with Crippen molar-refractivity contribution in [3.63, 3.8) is 0 Å². The van der Waals surface area contributed by atoms with Crippen molar-refractivity contribution in [3.8, 4) is 11.1 Å². The van der Waals surface area contributed by atoms with Gasteiger partial charge in [-0.25, -0.2) is 14.4 Å². The van der Waals surface area contributed by atoms with E-state index in [9.17, 15) is 24.0 Å². The van der Waals surface area contributed by atoms with Gasteiger partial charge in [0.25, 0.3) is 11.8 Å². The Labute approximate surface area is 242 Å². The molecule has 1 aliphatic carbocycles. The van der Waals surface area contributed by atoms with E-state index in [4.69, 9.17) is 14.3 Å². The van der Waals surface area contributed by atoms with Gasteiger partial charge in [0.05, 0.1) is 17.5 Å². The van der Waals surface area contributed by atoms with Crippen LogP contribution in [0.25, 0.3) is 11.1 Å². The second-order valence-electron chi connectivity index (χ2n) is 11.0. The summed E-state index contributed by atoms with van der Waals surface area (Å²) in [6, 6.07) is 20.6. The van der Waals surface area contributed by atoms with Gasteiger partial charge >= 0.3 is 18.0 Å². The van der Waals surface area contributed by atoms with Gasteiger partial charge in [-0.15, -0.1) is 0 Å². The van der Waals surface area contributed by atoms with Crippen molar-refractivity contribution in [2.24, 2.45) is 0 Å². The largest absolute Gasteiger partial charge is 0.458 e. The molecule has 0 aromatic heterocycles. The normalized spacial score (nSPS) is 14.5. The van der Waals surface area contributed by atoms with Crippen LogP contribution in [0.3, 0.4) is 0 Å². The number of rotatable bonds is 8. The van der Waals surface area contributed by atoms with Crippen molar-refractivity contribution in [3.05, 3.63) is 95.1 Å². The smallest absolute Gasteiger partial charge is 0.407 e. The Morgan fingerprint density at radius 2 is 1.31 bits per heavy atom. The number of benzene rings is 3. The molecule has 5 rings (SSSR count). The summed E-state index contributed by atoms with van der Waals surface area (Å²) < 4.78 is 11.0. The van der Waals surface area contributed by atoms with Crippen LogP contribution in [0.1, 0.15) is 71.4 Å². The van der Waals surface area contributed by atoms with Gasteiger partial charge in [-0.3, -0.25) is 9.59 Å². The molecule has 0 saturated heterocycles. The zero-order chi connectivity index (χ0) is 30.0. The second kappa shape index (κ2) is 11.5. The highest BCUT2D eigenvalue weighted by atomic mass is 16.7. The van der Waals surface area contributed by atoms with E-state index in [1.54, 1.807) is 32.9 Å². The van der Waals surface area contributed by atoms with E-state index >= 15 is 0 Å². The summed E-state index contributed by atoms with van der Waals surface area (Å²) in [5.74, 6) is -3.41. The van der Waals surface area contributed by atoms with Crippen LogP contribution < -0.4 is 5.32 Å². The number of fused-ring (bicyclic) bond motifs is 4. The van der Waals surface area contributed by atoms with Crippen molar-refractivity contribution in [2.45, 2.75) is 51.2 Å². The monoisotopic (exact) mass is 570 g/mol. The Bertz CT molecular complexity index is 1490. The molecule has 3 amide bonds. The van der Waals surface area contributed by atoms with E-state index < -0.39 is 47.9 Å². The Balaban J connectivity index is 1.22. The van der Waals surface area contributed by atoms with Crippen LogP contribution in [0.4, 0.5) is 4.79 Å². The highest BCUT2D eigenvalue weighted by Gasteiger charge is 2.39. The lowest BCUT2D eigenvalue weighted by Crippen LogP contribution is -2.45. The fourth-order valence-electron chi connectivity index (χ4n) is 5.06. The van der Waals surface area contributed by atoms with Crippen molar-refractivity contribution in [1.29, 1.82) is 0 Å². The number of carbonyl (C=O) groups excluding carboxylic acids is 5. The number of nitrogens with one attached hydrogen (secondary N) is 1. The number of nitrogens with zero attached hydrogens (tertiary/aromatic N) is 1. The average molecular weight is 571 g/mol. The van der Waals surface area contributed by atoms with Gasteiger partial charge in [0, 0.05) is 5.92 Å². The van der Waals surface area contributed by atoms with E-state index in [0.29, 0.717) is 5.06 Å². The van der Waals surface area contributed by atoms with Gasteiger partial charge < -0.3 is 19.6 Å². The van der Waals surface area contributed by atoms with Gasteiger partial charge in [-0.2, -0.15) is 0 Å². The highest BCUT2D eigenvalue weighted by molar-refractivity contribution is 6.20. The third kappa shape index (κ3) is 5.88. The van der Waals surface area contributed by atoms with Crippen molar-refractivity contribution in [2.75, 3.05) is 6.61 Å². The maximum absolute atomic E-state index is 12.9. The molecule has 1 heterocycles. The highest BCUT2D eigenvalue weighted by Crippen LogP contribution is 2.44. The van der Waals surface area contributed by atoms with Gasteiger partial charge in [-0.05, 0) is 61.6 Å². The van der Waals surface area contributed by atoms with E-state index in [1.165, 1.54) is 12.1 Å². The summed E-state index contributed by atoms with van der Waals surface area (Å²) in [5, 5.41) is 2.90. The topological polar surface area (TPSA) is 128 Å². The molecule has 2 aliphatic rings. The molecular formula is C32H30N2O8. The zero-order valence-corrected chi connectivity index (χ0v) is 23.4. The van der Waals surface area contributed by atoms with Crippen LogP contribution >= 0.6 is 0 Å². The van der Waals surface area contributed by atoms with Gasteiger partial charge in [0.1, 0.15) is 18.2 Å².